The zero-order chi connectivity index (χ0) is 10.4. The number of nitrogens with two attached hydrogens (primary N) is 1. The Labute approximate surface area is 97.6 Å². The zero-order valence-electron chi connectivity index (χ0n) is 9.69. The molecule has 0 aromatic rings. The van der Waals surface area contributed by atoms with Crippen LogP contribution in [0.25, 0.3) is 0 Å². The predicted molar refractivity (Wildman–Crippen MR) is 66.9 cm³/mol. The topological polar surface area (TPSA) is 26.0 Å². The van der Waals surface area contributed by atoms with Crippen molar-refractivity contribution >= 4 is 11.8 Å². The van der Waals surface area contributed by atoms with E-state index in [1.165, 1.54) is 5.75 Å². The Kier molecular flexibility index (Phi) is 2.76. The van der Waals surface area contributed by atoms with Crippen LogP contribution in [0.3, 0.4) is 0 Å². The second-order valence-electron chi connectivity index (χ2n) is 6.21. The van der Waals surface area contributed by atoms with Crippen molar-refractivity contribution in [2.45, 2.75) is 50.3 Å². The summed E-state index contributed by atoms with van der Waals surface area (Å²) >= 11 is 2.20. The third-order valence-electron chi connectivity index (χ3n) is 4.69. The second-order valence-corrected chi connectivity index (χ2v) is 7.42. The van der Waals surface area contributed by atoms with Crippen molar-refractivity contribution < 1.29 is 0 Å². The van der Waals surface area contributed by atoms with E-state index >= 15 is 0 Å². The Morgan fingerprint density at radius 1 is 1.07 bits per heavy atom. The molecule has 0 spiro atoms. The summed E-state index contributed by atoms with van der Waals surface area (Å²) in [5.41, 5.74) is 5.88. The van der Waals surface area contributed by atoms with Gasteiger partial charge in [0, 0.05) is 17.0 Å². The average molecular weight is 225 g/mol. The highest BCUT2D eigenvalue weighted by Crippen LogP contribution is 2.56. The first-order valence-electron chi connectivity index (χ1n) is 6.59. The summed E-state index contributed by atoms with van der Waals surface area (Å²) in [6, 6.07) is 0.382. The summed E-state index contributed by atoms with van der Waals surface area (Å²) in [6.07, 6.45) is 7.75. The minimum Gasteiger partial charge on any atom is -0.327 e. The van der Waals surface area contributed by atoms with Crippen LogP contribution in [-0.4, -0.2) is 17.0 Å². The minimum absolute atomic E-state index is 0.382. The predicted octanol–water partition coefficient (Wildman–Crippen LogP) is 2.89. The lowest BCUT2D eigenvalue weighted by Crippen LogP contribution is -2.47. The fourth-order valence-electron chi connectivity index (χ4n) is 4.41. The van der Waals surface area contributed by atoms with E-state index in [4.69, 9.17) is 5.73 Å². The van der Waals surface area contributed by atoms with Gasteiger partial charge in [0.2, 0.25) is 0 Å². The highest BCUT2D eigenvalue weighted by Gasteiger charge is 2.48. The minimum atomic E-state index is 0.382. The van der Waals surface area contributed by atoms with Crippen molar-refractivity contribution in [3.63, 3.8) is 0 Å². The van der Waals surface area contributed by atoms with E-state index in [-0.39, 0.29) is 0 Å². The van der Waals surface area contributed by atoms with Gasteiger partial charge < -0.3 is 5.73 Å². The molecular formula is C13H23NS. The number of hydrogen-bond donors (Lipinski definition) is 1. The van der Waals surface area contributed by atoms with Crippen molar-refractivity contribution in [1.29, 1.82) is 0 Å². The van der Waals surface area contributed by atoms with Crippen LogP contribution in [0, 0.1) is 23.7 Å². The first-order chi connectivity index (χ1) is 7.22. The first-order valence-corrected chi connectivity index (χ1v) is 7.64. The summed E-state index contributed by atoms with van der Waals surface area (Å²) in [7, 11) is 0. The second kappa shape index (κ2) is 3.96. The van der Waals surface area contributed by atoms with Gasteiger partial charge in [-0.25, -0.2) is 0 Å². The van der Waals surface area contributed by atoms with E-state index in [1.807, 2.05) is 0 Å². The highest BCUT2D eigenvalue weighted by atomic mass is 32.2. The molecule has 86 valence electrons. The van der Waals surface area contributed by atoms with Crippen LogP contribution in [0.15, 0.2) is 0 Å². The Bertz CT molecular complexity index is 211. The quantitative estimate of drug-likeness (QED) is 0.799. The lowest BCUT2D eigenvalue weighted by molar-refractivity contribution is 0.0267. The molecule has 4 bridgehead atoms. The van der Waals surface area contributed by atoms with Crippen LogP contribution in [-0.2, 0) is 0 Å². The van der Waals surface area contributed by atoms with Crippen molar-refractivity contribution in [2.75, 3.05) is 5.75 Å². The number of hydrogen-bond acceptors (Lipinski definition) is 2. The molecule has 0 radical (unpaired) electrons. The van der Waals surface area contributed by atoms with Crippen molar-refractivity contribution in [1.82, 2.24) is 0 Å². The molecule has 0 amide bonds. The van der Waals surface area contributed by atoms with Gasteiger partial charge in [-0.05, 0) is 62.7 Å². The van der Waals surface area contributed by atoms with E-state index < -0.39 is 0 Å². The van der Waals surface area contributed by atoms with Gasteiger partial charge in [0.05, 0.1) is 0 Å². The number of rotatable bonds is 3. The summed E-state index contributed by atoms with van der Waals surface area (Å²) in [4.78, 5) is 0. The van der Waals surface area contributed by atoms with Gasteiger partial charge in [-0.3, -0.25) is 0 Å². The SMILES string of the molecule is CC(N)CSC1C2CC3CC(C2)CC1C3. The Morgan fingerprint density at radius 2 is 1.60 bits per heavy atom. The third kappa shape index (κ3) is 1.95. The molecule has 1 nitrogen and oxygen atoms in total. The van der Waals surface area contributed by atoms with Gasteiger partial charge in [0.1, 0.15) is 0 Å². The van der Waals surface area contributed by atoms with Crippen molar-refractivity contribution in [2.24, 2.45) is 29.4 Å². The van der Waals surface area contributed by atoms with Crippen LogP contribution < -0.4 is 5.73 Å². The largest absolute Gasteiger partial charge is 0.327 e. The van der Waals surface area contributed by atoms with E-state index in [2.05, 4.69) is 18.7 Å². The molecule has 0 saturated heterocycles. The fourth-order valence-corrected chi connectivity index (χ4v) is 5.92. The molecule has 4 aliphatic carbocycles. The highest BCUT2D eigenvalue weighted by molar-refractivity contribution is 8.00. The number of thioether (sulfide) groups is 1. The molecule has 4 saturated carbocycles. The summed E-state index contributed by atoms with van der Waals surface area (Å²) in [6.45, 7) is 2.14. The molecule has 0 heterocycles. The molecule has 2 heteroatoms. The van der Waals surface area contributed by atoms with Gasteiger partial charge >= 0.3 is 0 Å². The van der Waals surface area contributed by atoms with Crippen LogP contribution in [0.4, 0.5) is 0 Å². The molecule has 4 rings (SSSR count). The van der Waals surface area contributed by atoms with Crippen LogP contribution in [0.2, 0.25) is 0 Å². The molecule has 0 aliphatic heterocycles. The normalized spacial score (nSPS) is 49.6. The van der Waals surface area contributed by atoms with Crippen molar-refractivity contribution in [3.05, 3.63) is 0 Å². The Balaban J connectivity index is 1.64. The average Bonchev–Trinajstić information content (AvgIpc) is 2.14. The smallest absolute Gasteiger partial charge is 0.0105 e. The maximum Gasteiger partial charge on any atom is 0.0105 e. The zero-order valence-corrected chi connectivity index (χ0v) is 10.5. The molecule has 1 unspecified atom stereocenters. The molecule has 1 atom stereocenters. The molecule has 0 aromatic carbocycles. The van der Waals surface area contributed by atoms with Crippen LogP contribution in [0.1, 0.15) is 39.0 Å². The lowest BCUT2D eigenvalue weighted by atomic mass is 9.56. The van der Waals surface area contributed by atoms with E-state index in [0.717, 1.165) is 28.9 Å². The molecular weight excluding hydrogens is 202 g/mol. The van der Waals surface area contributed by atoms with Gasteiger partial charge in [0.15, 0.2) is 0 Å². The Morgan fingerprint density at radius 3 is 2.07 bits per heavy atom. The summed E-state index contributed by atoms with van der Waals surface area (Å²) in [5.74, 6) is 5.52. The summed E-state index contributed by atoms with van der Waals surface area (Å²) in [5, 5.41) is 0.976. The molecule has 2 N–H and O–H groups in total. The standard InChI is InChI=1S/C13H23NS/c1-8(14)7-15-13-11-3-9-2-10(5-11)6-12(13)4-9/h8-13H,2-7,14H2,1H3. The molecule has 4 fully saturated rings. The van der Waals surface area contributed by atoms with Gasteiger partial charge in [-0.2, -0.15) is 11.8 Å². The Hall–Kier alpha value is 0.310. The monoisotopic (exact) mass is 225 g/mol. The van der Waals surface area contributed by atoms with Crippen LogP contribution in [0.5, 0.6) is 0 Å². The maximum absolute atomic E-state index is 5.88. The van der Waals surface area contributed by atoms with Gasteiger partial charge in [0.25, 0.3) is 0 Å². The van der Waals surface area contributed by atoms with E-state index in [1.54, 1.807) is 32.1 Å². The molecule has 0 aromatic heterocycles. The maximum atomic E-state index is 5.88. The van der Waals surface area contributed by atoms with Crippen molar-refractivity contribution in [3.8, 4) is 0 Å². The summed E-state index contributed by atoms with van der Waals surface area (Å²) < 4.78 is 0. The fraction of sp³-hybridized carbons (Fsp3) is 1.00. The van der Waals surface area contributed by atoms with E-state index in [9.17, 15) is 0 Å². The molecule has 15 heavy (non-hydrogen) atoms. The van der Waals surface area contributed by atoms with E-state index in [0.29, 0.717) is 6.04 Å². The van der Waals surface area contributed by atoms with Crippen LogP contribution >= 0.6 is 11.8 Å². The van der Waals surface area contributed by atoms with Gasteiger partial charge in [-0.1, -0.05) is 0 Å². The third-order valence-corrected chi connectivity index (χ3v) is 6.56. The van der Waals surface area contributed by atoms with Gasteiger partial charge in [-0.15, -0.1) is 0 Å². The first kappa shape index (κ1) is 10.5. The lowest BCUT2D eigenvalue weighted by Gasteiger charge is -2.54. The molecule has 4 aliphatic rings.